The lowest BCUT2D eigenvalue weighted by Crippen LogP contribution is -1.89. The van der Waals surface area contributed by atoms with Gasteiger partial charge in [0.05, 0.1) is 0 Å². The van der Waals surface area contributed by atoms with Crippen LogP contribution in [0.3, 0.4) is 0 Å². The molecule has 0 aliphatic heterocycles. The summed E-state index contributed by atoms with van der Waals surface area (Å²) in [5, 5.41) is 9.14. The molecule has 1 unspecified atom stereocenters. The predicted molar refractivity (Wildman–Crippen MR) is 63.9 cm³/mol. The summed E-state index contributed by atoms with van der Waals surface area (Å²) in [5.74, 6) is 0.335. The lowest BCUT2D eigenvalue weighted by atomic mass is 10.1. The number of aromatic hydroxyl groups is 1. The maximum Gasteiger partial charge on any atom is 0.115 e. The summed E-state index contributed by atoms with van der Waals surface area (Å²) in [6, 6.07) is 7.42. The molecule has 0 aliphatic rings. The van der Waals surface area contributed by atoms with Crippen LogP contribution >= 0.6 is 15.9 Å². The fraction of sp³-hybridized carbons (Fsp3) is 0.500. The number of alkyl halides is 1. The Morgan fingerprint density at radius 1 is 1.21 bits per heavy atom. The normalized spacial score (nSPS) is 12.7. The Bertz CT molecular complexity index is 256. The molecule has 0 saturated heterocycles. The largest absolute Gasteiger partial charge is 0.508 e. The van der Waals surface area contributed by atoms with Gasteiger partial charge in [0.15, 0.2) is 0 Å². The molecule has 0 radical (unpaired) electrons. The minimum atomic E-state index is 0.335. The highest BCUT2D eigenvalue weighted by molar-refractivity contribution is 9.09. The fourth-order valence-corrected chi connectivity index (χ4v) is 2.05. The Balaban J connectivity index is 2.43. The molecule has 1 N–H and O–H groups in total. The third-order valence-electron chi connectivity index (χ3n) is 2.32. The van der Waals surface area contributed by atoms with E-state index in [1.807, 2.05) is 12.1 Å². The number of halogens is 1. The second-order valence-corrected chi connectivity index (χ2v) is 4.66. The molecule has 0 saturated carbocycles. The van der Waals surface area contributed by atoms with Gasteiger partial charge >= 0.3 is 0 Å². The summed E-state index contributed by atoms with van der Waals surface area (Å²) < 4.78 is 0. The number of phenols is 1. The summed E-state index contributed by atoms with van der Waals surface area (Å²) in [5.41, 5.74) is 1.25. The van der Waals surface area contributed by atoms with Gasteiger partial charge in [-0.3, -0.25) is 0 Å². The minimum absolute atomic E-state index is 0.335. The van der Waals surface area contributed by atoms with E-state index in [0.717, 1.165) is 0 Å². The Morgan fingerprint density at radius 3 is 2.43 bits per heavy atom. The SMILES string of the molecule is CCCCCC(Br)c1ccc(O)cc1. The van der Waals surface area contributed by atoms with Crippen LogP contribution in [0.5, 0.6) is 5.75 Å². The van der Waals surface area contributed by atoms with E-state index in [4.69, 9.17) is 5.11 Å². The van der Waals surface area contributed by atoms with Crippen LogP contribution in [0.25, 0.3) is 0 Å². The lowest BCUT2D eigenvalue weighted by Gasteiger charge is -2.09. The first-order valence-electron chi connectivity index (χ1n) is 5.17. The molecule has 1 atom stereocenters. The van der Waals surface area contributed by atoms with Gasteiger partial charge in [-0.05, 0) is 24.1 Å². The molecular formula is C12H17BrO. The van der Waals surface area contributed by atoms with Gasteiger partial charge in [-0.15, -0.1) is 0 Å². The molecule has 1 aromatic rings. The van der Waals surface area contributed by atoms with Crippen molar-refractivity contribution in [3.8, 4) is 5.75 Å². The van der Waals surface area contributed by atoms with Crippen LogP contribution in [0.4, 0.5) is 0 Å². The van der Waals surface area contributed by atoms with E-state index in [2.05, 4.69) is 22.9 Å². The van der Waals surface area contributed by atoms with Gasteiger partial charge in [-0.2, -0.15) is 0 Å². The summed E-state index contributed by atoms with van der Waals surface area (Å²) in [7, 11) is 0. The highest BCUT2D eigenvalue weighted by Crippen LogP contribution is 2.29. The third kappa shape index (κ3) is 3.70. The van der Waals surface area contributed by atoms with Crippen LogP contribution < -0.4 is 0 Å². The number of hydrogen-bond donors (Lipinski definition) is 1. The van der Waals surface area contributed by atoms with Crippen molar-refractivity contribution in [2.24, 2.45) is 0 Å². The quantitative estimate of drug-likeness (QED) is 0.612. The Hall–Kier alpha value is -0.500. The second-order valence-electron chi connectivity index (χ2n) is 3.55. The van der Waals surface area contributed by atoms with E-state index in [1.165, 1.54) is 31.2 Å². The minimum Gasteiger partial charge on any atom is -0.508 e. The highest BCUT2D eigenvalue weighted by atomic mass is 79.9. The molecule has 1 aromatic carbocycles. The average molecular weight is 257 g/mol. The van der Waals surface area contributed by atoms with Crippen molar-refractivity contribution in [3.05, 3.63) is 29.8 Å². The van der Waals surface area contributed by atoms with E-state index in [0.29, 0.717) is 10.6 Å². The van der Waals surface area contributed by atoms with Crippen molar-refractivity contribution in [2.45, 2.75) is 37.4 Å². The van der Waals surface area contributed by atoms with E-state index in [-0.39, 0.29) is 0 Å². The number of hydrogen-bond acceptors (Lipinski definition) is 1. The summed E-state index contributed by atoms with van der Waals surface area (Å²) in [6.07, 6.45) is 4.97. The molecule has 0 fully saturated rings. The first kappa shape index (κ1) is 11.6. The van der Waals surface area contributed by atoms with E-state index >= 15 is 0 Å². The van der Waals surface area contributed by atoms with Gasteiger partial charge in [0.1, 0.15) is 5.75 Å². The van der Waals surface area contributed by atoms with Crippen LogP contribution in [-0.4, -0.2) is 5.11 Å². The first-order chi connectivity index (χ1) is 6.74. The molecule has 14 heavy (non-hydrogen) atoms. The summed E-state index contributed by atoms with van der Waals surface area (Å²) >= 11 is 3.66. The van der Waals surface area contributed by atoms with Gasteiger partial charge in [0.25, 0.3) is 0 Å². The molecule has 0 bridgehead atoms. The van der Waals surface area contributed by atoms with Crippen molar-refractivity contribution < 1.29 is 5.11 Å². The third-order valence-corrected chi connectivity index (χ3v) is 3.30. The van der Waals surface area contributed by atoms with Gasteiger partial charge in [0.2, 0.25) is 0 Å². The summed E-state index contributed by atoms with van der Waals surface area (Å²) in [6.45, 7) is 2.21. The molecule has 0 heterocycles. The molecule has 0 aliphatic carbocycles. The molecule has 1 rings (SSSR count). The molecule has 0 amide bonds. The van der Waals surface area contributed by atoms with Crippen molar-refractivity contribution in [1.82, 2.24) is 0 Å². The maximum atomic E-state index is 9.14. The first-order valence-corrected chi connectivity index (χ1v) is 6.08. The van der Waals surface area contributed by atoms with Crippen LogP contribution in [0, 0.1) is 0 Å². The van der Waals surface area contributed by atoms with Gasteiger partial charge in [0, 0.05) is 4.83 Å². The van der Waals surface area contributed by atoms with Crippen LogP contribution in [0.1, 0.15) is 43.0 Å². The standard InChI is InChI=1S/C12H17BrO/c1-2-3-4-5-12(13)10-6-8-11(14)9-7-10/h6-9,12,14H,2-5H2,1H3. The predicted octanol–water partition coefficient (Wildman–Crippen LogP) is 4.41. The molecule has 0 spiro atoms. The average Bonchev–Trinajstić information content (AvgIpc) is 2.19. The maximum absolute atomic E-state index is 9.14. The molecule has 78 valence electrons. The number of unbranched alkanes of at least 4 members (excludes halogenated alkanes) is 2. The topological polar surface area (TPSA) is 20.2 Å². The zero-order valence-corrected chi connectivity index (χ0v) is 10.1. The Morgan fingerprint density at radius 2 is 1.86 bits per heavy atom. The van der Waals surface area contributed by atoms with Crippen LogP contribution in [0.15, 0.2) is 24.3 Å². The van der Waals surface area contributed by atoms with Gasteiger partial charge < -0.3 is 5.11 Å². The molecule has 0 aromatic heterocycles. The van der Waals surface area contributed by atoms with Crippen molar-refractivity contribution in [1.29, 1.82) is 0 Å². The van der Waals surface area contributed by atoms with Crippen molar-refractivity contribution in [2.75, 3.05) is 0 Å². The lowest BCUT2D eigenvalue weighted by molar-refractivity contribution is 0.475. The smallest absolute Gasteiger partial charge is 0.115 e. The Kier molecular flexibility index (Phi) is 5.02. The number of phenolic OH excluding ortho intramolecular Hbond substituents is 1. The molecule has 2 heteroatoms. The monoisotopic (exact) mass is 256 g/mol. The van der Waals surface area contributed by atoms with Crippen LogP contribution in [0.2, 0.25) is 0 Å². The van der Waals surface area contributed by atoms with E-state index in [9.17, 15) is 0 Å². The molecule has 1 nitrogen and oxygen atoms in total. The highest BCUT2D eigenvalue weighted by Gasteiger charge is 2.06. The Labute approximate surface area is 94.3 Å². The van der Waals surface area contributed by atoms with Crippen molar-refractivity contribution >= 4 is 15.9 Å². The number of benzene rings is 1. The second kappa shape index (κ2) is 6.07. The van der Waals surface area contributed by atoms with E-state index < -0.39 is 0 Å². The van der Waals surface area contributed by atoms with Crippen molar-refractivity contribution in [3.63, 3.8) is 0 Å². The zero-order chi connectivity index (χ0) is 10.4. The van der Waals surface area contributed by atoms with E-state index in [1.54, 1.807) is 12.1 Å². The molecular weight excluding hydrogens is 240 g/mol. The van der Waals surface area contributed by atoms with Gasteiger partial charge in [-0.1, -0.05) is 54.2 Å². The van der Waals surface area contributed by atoms with Crippen LogP contribution in [-0.2, 0) is 0 Å². The zero-order valence-electron chi connectivity index (χ0n) is 8.54. The number of rotatable bonds is 5. The van der Waals surface area contributed by atoms with Gasteiger partial charge in [-0.25, -0.2) is 0 Å². The fourth-order valence-electron chi connectivity index (χ4n) is 1.42. The summed E-state index contributed by atoms with van der Waals surface area (Å²) in [4.78, 5) is 0.426.